The van der Waals surface area contributed by atoms with Crippen LogP contribution in [0.3, 0.4) is 0 Å². The van der Waals surface area contributed by atoms with Crippen molar-refractivity contribution < 1.29 is 9.59 Å². The van der Waals surface area contributed by atoms with E-state index in [1.807, 2.05) is 11.9 Å². The fourth-order valence-corrected chi connectivity index (χ4v) is 2.55. The molecule has 0 unspecified atom stereocenters. The van der Waals surface area contributed by atoms with Crippen LogP contribution in [0.15, 0.2) is 12.3 Å². The van der Waals surface area contributed by atoms with Crippen molar-refractivity contribution in [3.8, 4) is 0 Å². The van der Waals surface area contributed by atoms with Gasteiger partial charge in [0.15, 0.2) is 5.78 Å². The van der Waals surface area contributed by atoms with E-state index in [4.69, 9.17) is 0 Å². The highest BCUT2D eigenvalue weighted by Crippen LogP contribution is 2.22. The van der Waals surface area contributed by atoms with Gasteiger partial charge in [-0.05, 0) is 25.8 Å². The summed E-state index contributed by atoms with van der Waals surface area (Å²) in [6.45, 7) is 1.50. The van der Waals surface area contributed by atoms with Crippen LogP contribution in [0, 0.1) is 0 Å². The lowest BCUT2D eigenvalue weighted by atomic mass is 9.94. The number of nitrogens with zero attached hydrogens (tertiary/aromatic N) is 1. The number of carbonyl (C=O) groups is 2. The van der Waals surface area contributed by atoms with Crippen molar-refractivity contribution in [2.45, 2.75) is 45.1 Å². The molecule has 18 heavy (non-hydrogen) atoms. The number of rotatable bonds is 3. The summed E-state index contributed by atoms with van der Waals surface area (Å²) >= 11 is 0. The number of hydrogen-bond donors (Lipinski definition) is 1. The number of carbonyl (C=O) groups excluding carboxylic acids is 2. The van der Waals surface area contributed by atoms with Crippen molar-refractivity contribution in [3.05, 3.63) is 23.5 Å². The molecule has 1 amide bonds. The van der Waals surface area contributed by atoms with E-state index in [0.717, 1.165) is 12.8 Å². The van der Waals surface area contributed by atoms with E-state index >= 15 is 0 Å². The molecule has 0 radical (unpaired) electrons. The van der Waals surface area contributed by atoms with Crippen LogP contribution in [0.5, 0.6) is 0 Å². The molecule has 1 aromatic rings. The monoisotopic (exact) mass is 248 g/mol. The van der Waals surface area contributed by atoms with E-state index in [2.05, 4.69) is 4.98 Å². The van der Waals surface area contributed by atoms with Crippen molar-refractivity contribution in [1.29, 1.82) is 0 Å². The number of H-pyrrole nitrogens is 1. The molecule has 1 aliphatic carbocycles. The molecule has 1 fully saturated rings. The van der Waals surface area contributed by atoms with Crippen molar-refractivity contribution in [1.82, 2.24) is 9.88 Å². The minimum atomic E-state index is -0.0226. The molecule has 98 valence electrons. The van der Waals surface area contributed by atoms with Gasteiger partial charge in [-0.15, -0.1) is 0 Å². The predicted molar refractivity (Wildman–Crippen MR) is 69.8 cm³/mol. The Morgan fingerprint density at radius 1 is 1.28 bits per heavy atom. The van der Waals surface area contributed by atoms with Gasteiger partial charge in [0.1, 0.15) is 5.69 Å². The highest BCUT2D eigenvalue weighted by Gasteiger charge is 2.23. The van der Waals surface area contributed by atoms with Crippen LogP contribution in [0.25, 0.3) is 0 Å². The molecule has 4 heteroatoms. The lowest BCUT2D eigenvalue weighted by molar-refractivity contribution is 0.0691. The fourth-order valence-electron chi connectivity index (χ4n) is 2.55. The first-order valence-electron chi connectivity index (χ1n) is 6.56. The molecule has 0 saturated heterocycles. The quantitative estimate of drug-likeness (QED) is 0.836. The highest BCUT2D eigenvalue weighted by atomic mass is 16.2. The van der Waals surface area contributed by atoms with E-state index in [-0.39, 0.29) is 11.7 Å². The maximum atomic E-state index is 12.3. The van der Waals surface area contributed by atoms with Gasteiger partial charge < -0.3 is 9.88 Å². The Bertz CT molecular complexity index is 444. The molecule has 1 heterocycles. The number of ketones is 1. The summed E-state index contributed by atoms with van der Waals surface area (Å²) in [6.07, 6.45) is 7.45. The Labute approximate surface area is 107 Å². The first-order chi connectivity index (χ1) is 8.59. The fraction of sp³-hybridized carbons (Fsp3) is 0.571. The summed E-state index contributed by atoms with van der Waals surface area (Å²) in [5.74, 6) is -0.0416. The number of hydrogen-bond acceptors (Lipinski definition) is 2. The standard InChI is InChI=1S/C14H20N2O2/c1-10(17)11-8-13(15-9-11)14(18)16(2)12-6-4-3-5-7-12/h8-9,12,15H,3-7H2,1-2H3. The zero-order valence-corrected chi connectivity index (χ0v) is 11.0. The van der Waals surface area contributed by atoms with Gasteiger partial charge in [0.25, 0.3) is 5.91 Å². The number of nitrogens with one attached hydrogen (secondary N) is 1. The van der Waals surface area contributed by atoms with E-state index in [9.17, 15) is 9.59 Å². The Morgan fingerprint density at radius 3 is 2.50 bits per heavy atom. The van der Waals surface area contributed by atoms with Gasteiger partial charge >= 0.3 is 0 Å². The molecular weight excluding hydrogens is 228 g/mol. The van der Waals surface area contributed by atoms with Crippen molar-refractivity contribution >= 4 is 11.7 Å². The smallest absolute Gasteiger partial charge is 0.270 e. The van der Waals surface area contributed by atoms with Crippen molar-refractivity contribution in [2.24, 2.45) is 0 Å². The van der Waals surface area contributed by atoms with Crippen LogP contribution in [-0.4, -0.2) is 34.7 Å². The third-order valence-electron chi connectivity index (χ3n) is 3.76. The molecule has 1 aliphatic rings. The summed E-state index contributed by atoms with van der Waals surface area (Å²) in [5, 5.41) is 0. The predicted octanol–water partition coefficient (Wildman–Crippen LogP) is 2.62. The molecule has 0 aromatic carbocycles. The summed E-state index contributed by atoms with van der Waals surface area (Å²) < 4.78 is 0. The average molecular weight is 248 g/mol. The second kappa shape index (κ2) is 5.38. The van der Waals surface area contributed by atoms with Crippen LogP contribution in [-0.2, 0) is 0 Å². The van der Waals surface area contributed by atoms with E-state index < -0.39 is 0 Å². The molecule has 1 aromatic heterocycles. The normalized spacial score (nSPS) is 16.6. The number of aromatic nitrogens is 1. The third kappa shape index (κ3) is 2.63. The van der Waals surface area contributed by atoms with Crippen LogP contribution in [0.2, 0.25) is 0 Å². The molecule has 1 N–H and O–H groups in total. The average Bonchev–Trinajstić information content (AvgIpc) is 2.88. The first-order valence-corrected chi connectivity index (χ1v) is 6.56. The van der Waals surface area contributed by atoms with Gasteiger partial charge in [0.2, 0.25) is 0 Å². The second-order valence-electron chi connectivity index (χ2n) is 5.07. The molecule has 0 aliphatic heterocycles. The zero-order chi connectivity index (χ0) is 13.1. The van der Waals surface area contributed by atoms with E-state index in [1.54, 1.807) is 12.3 Å². The largest absolute Gasteiger partial charge is 0.356 e. The lowest BCUT2D eigenvalue weighted by Gasteiger charge is -2.30. The van der Waals surface area contributed by atoms with E-state index in [0.29, 0.717) is 17.3 Å². The minimum absolute atomic E-state index is 0.0191. The van der Waals surface area contributed by atoms with Crippen molar-refractivity contribution in [2.75, 3.05) is 7.05 Å². The Balaban J connectivity index is 2.07. The van der Waals surface area contributed by atoms with Crippen LogP contribution in [0.4, 0.5) is 0 Å². The summed E-state index contributed by atoms with van der Waals surface area (Å²) in [6, 6.07) is 1.99. The Morgan fingerprint density at radius 2 is 1.94 bits per heavy atom. The van der Waals surface area contributed by atoms with Gasteiger partial charge in [-0.2, -0.15) is 0 Å². The van der Waals surface area contributed by atoms with Gasteiger partial charge in [-0.25, -0.2) is 0 Å². The van der Waals surface area contributed by atoms with Crippen LogP contribution >= 0.6 is 0 Å². The van der Waals surface area contributed by atoms with Crippen molar-refractivity contribution in [3.63, 3.8) is 0 Å². The maximum Gasteiger partial charge on any atom is 0.270 e. The zero-order valence-electron chi connectivity index (χ0n) is 11.0. The van der Waals surface area contributed by atoms with Gasteiger partial charge in [-0.1, -0.05) is 19.3 Å². The molecule has 0 atom stereocenters. The first kappa shape index (κ1) is 12.9. The summed E-state index contributed by atoms with van der Waals surface area (Å²) in [7, 11) is 1.85. The highest BCUT2D eigenvalue weighted by molar-refractivity contribution is 5.99. The second-order valence-corrected chi connectivity index (χ2v) is 5.07. The van der Waals surface area contributed by atoms with E-state index in [1.165, 1.54) is 26.2 Å². The molecule has 1 saturated carbocycles. The number of aromatic amines is 1. The van der Waals surface area contributed by atoms with Crippen LogP contribution < -0.4 is 0 Å². The molecule has 2 rings (SSSR count). The molecule has 4 nitrogen and oxygen atoms in total. The SMILES string of the molecule is CC(=O)c1c[nH]c(C(=O)N(C)C2CCCCC2)c1. The molecule has 0 spiro atoms. The van der Waals surface area contributed by atoms with Gasteiger partial charge in [0.05, 0.1) is 0 Å². The summed E-state index contributed by atoms with van der Waals surface area (Å²) in [5.41, 5.74) is 1.07. The van der Waals surface area contributed by atoms with Crippen LogP contribution in [0.1, 0.15) is 59.9 Å². The topological polar surface area (TPSA) is 53.2 Å². The lowest BCUT2D eigenvalue weighted by Crippen LogP contribution is -2.38. The molecular formula is C14H20N2O2. The summed E-state index contributed by atoms with van der Waals surface area (Å²) in [4.78, 5) is 28.2. The maximum absolute atomic E-state index is 12.3. The number of amides is 1. The molecule has 0 bridgehead atoms. The minimum Gasteiger partial charge on any atom is -0.356 e. The van der Waals surface area contributed by atoms with Gasteiger partial charge in [-0.3, -0.25) is 9.59 Å². The Kier molecular flexibility index (Phi) is 3.84. The Hall–Kier alpha value is -1.58. The third-order valence-corrected chi connectivity index (χ3v) is 3.76. The number of Topliss-reactive ketones (excluding diaryl/α,β-unsaturated/α-hetero) is 1. The van der Waals surface area contributed by atoms with Gasteiger partial charge in [0, 0.05) is 24.8 Å².